The number of aromatic nitrogens is 4. The zero-order valence-electron chi connectivity index (χ0n) is 14.4. The highest BCUT2D eigenvalue weighted by Crippen LogP contribution is 2.35. The molecule has 8 heteroatoms. The van der Waals surface area contributed by atoms with Crippen molar-refractivity contribution in [2.75, 3.05) is 0 Å². The van der Waals surface area contributed by atoms with Gasteiger partial charge in [-0.15, -0.1) is 0 Å². The van der Waals surface area contributed by atoms with Crippen molar-refractivity contribution in [2.24, 2.45) is 11.6 Å². The number of nitrogens with zero attached hydrogens (tertiary/aromatic N) is 3. The molecule has 0 saturated carbocycles. The van der Waals surface area contributed by atoms with Crippen molar-refractivity contribution in [2.45, 2.75) is 6.54 Å². The molecule has 1 aromatic carbocycles. The van der Waals surface area contributed by atoms with Crippen LogP contribution < -0.4 is 17.0 Å². The molecule has 0 amide bonds. The van der Waals surface area contributed by atoms with Gasteiger partial charge in [0.25, 0.3) is 0 Å². The van der Waals surface area contributed by atoms with Gasteiger partial charge in [-0.05, 0) is 36.4 Å². The number of hydrazine groups is 1. The number of imidazole rings is 1. The highest BCUT2D eigenvalue weighted by molar-refractivity contribution is 5.95. The van der Waals surface area contributed by atoms with Gasteiger partial charge in [0, 0.05) is 40.8 Å². The molecule has 3 aromatic heterocycles. The fourth-order valence-corrected chi connectivity index (χ4v) is 3.12. The first kappa shape index (κ1) is 16.8. The number of hydrogen-bond acceptors (Lipinski definition) is 5. The molecule has 4 aromatic rings. The summed E-state index contributed by atoms with van der Waals surface area (Å²) in [5.74, 6) is 5.03. The number of rotatable bonds is 5. The fourth-order valence-electron chi connectivity index (χ4n) is 3.12. The summed E-state index contributed by atoms with van der Waals surface area (Å²) >= 11 is 0. The average molecular weight is 363 g/mol. The maximum atomic E-state index is 13.4. The van der Waals surface area contributed by atoms with E-state index >= 15 is 0 Å². The van der Waals surface area contributed by atoms with Gasteiger partial charge in [0.2, 0.25) is 0 Å². The lowest BCUT2D eigenvalue weighted by Gasteiger charge is -2.12. The molecule has 7 nitrogen and oxygen atoms in total. The number of benzene rings is 1. The summed E-state index contributed by atoms with van der Waals surface area (Å²) in [5, 5.41) is 0.960. The Morgan fingerprint density at radius 2 is 2.00 bits per heavy atom. The Bertz CT molecular complexity index is 1110. The molecule has 136 valence electrons. The zero-order chi connectivity index (χ0) is 18.8. The summed E-state index contributed by atoms with van der Waals surface area (Å²) in [6, 6.07) is 10.2. The topological polar surface area (TPSA) is 111 Å². The second kappa shape index (κ2) is 6.93. The van der Waals surface area contributed by atoms with Crippen LogP contribution in [0, 0.1) is 5.82 Å². The van der Waals surface area contributed by atoms with Crippen molar-refractivity contribution in [3.05, 3.63) is 72.8 Å². The minimum Gasteiger partial charge on any atom is -0.399 e. The fraction of sp³-hybridized carbons (Fsp3) is 0.0526. The third kappa shape index (κ3) is 3.13. The van der Waals surface area contributed by atoms with Crippen LogP contribution in [0.1, 0.15) is 0 Å². The molecule has 3 heterocycles. The molecule has 4 rings (SSSR count). The van der Waals surface area contributed by atoms with Crippen LogP contribution in [0.4, 0.5) is 4.39 Å². The molecule has 0 aliphatic rings. The van der Waals surface area contributed by atoms with Gasteiger partial charge in [-0.25, -0.2) is 14.4 Å². The summed E-state index contributed by atoms with van der Waals surface area (Å²) in [6.07, 6.45) is 6.82. The van der Waals surface area contributed by atoms with E-state index < -0.39 is 0 Å². The highest BCUT2D eigenvalue weighted by Gasteiger charge is 2.18. The minimum atomic E-state index is -0.294. The Hall–Kier alpha value is -3.65. The van der Waals surface area contributed by atoms with Gasteiger partial charge >= 0.3 is 0 Å². The lowest BCUT2D eigenvalue weighted by atomic mass is 10.0. The first-order valence-electron chi connectivity index (χ1n) is 8.31. The van der Waals surface area contributed by atoms with E-state index in [-0.39, 0.29) is 5.82 Å². The quantitative estimate of drug-likeness (QED) is 0.322. The monoisotopic (exact) mass is 363 g/mol. The molecule has 0 fully saturated rings. The molecule has 0 radical (unpaired) electrons. The van der Waals surface area contributed by atoms with E-state index in [0.29, 0.717) is 12.2 Å². The van der Waals surface area contributed by atoms with Crippen LogP contribution in [-0.2, 0) is 6.54 Å². The number of allylic oxidation sites excluding steroid dienone is 1. The Kier molecular flexibility index (Phi) is 4.31. The first-order chi connectivity index (χ1) is 13.2. The maximum absolute atomic E-state index is 13.4. The third-order valence-corrected chi connectivity index (χ3v) is 4.29. The van der Waals surface area contributed by atoms with E-state index in [4.69, 9.17) is 11.6 Å². The zero-order valence-corrected chi connectivity index (χ0v) is 14.4. The van der Waals surface area contributed by atoms with Crippen LogP contribution in [0.2, 0.25) is 0 Å². The van der Waals surface area contributed by atoms with E-state index in [1.807, 2.05) is 22.9 Å². The molecular weight excluding hydrogens is 345 g/mol. The predicted octanol–water partition coefficient (Wildman–Crippen LogP) is 2.50. The number of fused-ring (bicyclic) bond motifs is 1. The third-order valence-electron chi connectivity index (χ3n) is 4.29. The largest absolute Gasteiger partial charge is 0.399 e. The Labute approximate surface area is 154 Å². The number of pyridine rings is 1. The summed E-state index contributed by atoms with van der Waals surface area (Å²) in [5.41, 5.74) is 13.1. The minimum absolute atomic E-state index is 0.294. The molecule has 0 bridgehead atoms. The second-order valence-electron chi connectivity index (χ2n) is 6.06. The maximum Gasteiger partial charge on any atom is 0.137 e. The van der Waals surface area contributed by atoms with Crippen LogP contribution >= 0.6 is 0 Å². The van der Waals surface area contributed by atoms with Crippen LogP contribution in [0.5, 0.6) is 0 Å². The highest BCUT2D eigenvalue weighted by atomic mass is 19.1. The number of halogens is 1. The van der Waals surface area contributed by atoms with E-state index in [1.165, 1.54) is 18.3 Å². The van der Waals surface area contributed by atoms with Gasteiger partial charge < -0.3 is 20.7 Å². The van der Waals surface area contributed by atoms with Gasteiger partial charge in [-0.3, -0.25) is 5.84 Å². The van der Waals surface area contributed by atoms with Gasteiger partial charge in [-0.1, -0.05) is 0 Å². The van der Waals surface area contributed by atoms with Crippen LogP contribution in [-0.4, -0.2) is 19.5 Å². The average Bonchev–Trinajstić information content (AvgIpc) is 3.29. The van der Waals surface area contributed by atoms with Gasteiger partial charge in [0.1, 0.15) is 11.5 Å². The van der Waals surface area contributed by atoms with Crippen molar-refractivity contribution in [3.63, 3.8) is 0 Å². The van der Waals surface area contributed by atoms with Crippen molar-refractivity contribution >= 4 is 11.0 Å². The first-order valence-corrected chi connectivity index (χ1v) is 8.31. The van der Waals surface area contributed by atoms with Crippen molar-refractivity contribution < 1.29 is 4.39 Å². The van der Waals surface area contributed by atoms with E-state index in [9.17, 15) is 4.39 Å². The molecule has 0 saturated heterocycles. The Morgan fingerprint density at radius 1 is 1.19 bits per heavy atom. The van der Waals surface area contributed by atoms with Crippen LogP contribution in [0.15, 0.2) is 67.0 Å². The smallest absolute Gasteiger partial charge is 0.137 e. The molecule has 6 N–H and O–H groups in total. The van der Waals surface area contributed by atoms with E-state index in [2.05, 4.69) is 20.4 Å². The molecule has 0 atom stereocenters. The van der Waals surface area contributed by atoms with Crippen molar-refractivity contribution in [1.29, 1.82) is 0 Å². The number of nitrogens with one attached hydrogen (secondary N) is 2. The predicted molar refractivity (Wildman–Crippen MR) is 102 cm³/mol. The summed E-state index contributed by atoms with van der Waals surface area (Å²) < 4.78 is 15.3. The number of nitrogens with two attached hydrogens (primary N) is 2. The van der Waals surface area contributed by atoms with Gasteiger partial charge in [0.05, 0.1) is 24.3 Å². The molecule has 0 aliphatic heterocycles. The number of H-pyrrole nitrogens is 1. The second-order valence-corrected chi connectivity index (χ2v) is 6.06. The van der Waals surface area contributed by atoms with Crippen LogP contribution in [0.3, 0.4) is 0 Å². The van der Waals surface area contributed by atoms with Gasteiger partial charge in [-0.2, -0.15) is 0 Å². The van der Waals surface area contributed by atoms with E-state index in [0.717, 1.165) is 33.5 Å². The molecule has 0 unspecified atom stereocenters. The number of hydrogen-bond donors (Lipinski definition) is 4. The Morgan fingerprint density at radius 3 is 2.78 bits per heavy atom. The lowest BCUT2D eigenvalue weighted by Crippen LogP contribution is -2.19. The molecule has 0 aliphatic carbocycles. The van der Waals surface area contributed by atoms with Crippen LogP contribution in [0.25, 0.3) is 33.5 Å². The summed E-state index contributed by atoms with van der Waals surface area (Å²) in [4.78, 5) is 12.0. The molecule has 0 spiro atoms. The normalized spacial score (nSPS) is 11.9. The molecular formula is C19H18FN7. The summed E-state index contributed by atoms with van der Waals surface area (Å²) in [6.45, 7) is 0.391. The van der Waals surface area contributed by atoms with E-state index in [1.54, 1.807) is 24.7 Å². The standard InChI is InChI=1S/C19H18FN7/c20-13-3-1-12(2-4-13)17-18(27(11-25-17)10-14(21)9-26-22)15-5-7-23-19-16(15)6-8-24-19/h1-9,11,26H,10,21-22H2,(H,23,24)/b14-9-. The number of aromatic amines is 1. The summed E-state index contributed by atoms with van der Waals surface area (Å²) in [7, 11) is 0. The Balaban J connectivity index is 1.93. The lowest BCUT2D eigenvalue weighted by molar-refractivity contribution is 0.628. The van der Waals surface area contributed by atoms with Gasteiger partial charge in [0.15, 0.2) is 0 Å². The van der Waals surface area contributed by atoms with Crippen molar-refractivity contribution in [3.8, 4) is 22.5 Å². The SMILES string of the molecule is NN/C=C(\N)Cn1cnc(-c2ccc(F)cc2)c1-c1ccnc2[nH]ccc12. The molecule has 27 heavy (non-hydrogen) atoms. The van der Waals surface area contributed by atoms with Crippen molar-refractivity contribution in [1.82, 2.24) is 24.9 Å².